The van der Waals surface area contributed by atoms with Gasteiger partial charge in [-0.3, -0.25) is 0 Å². The molecular formula is C14H8F3NO. The monoisotopic (exact) mass is 263 g/mol. The van der Waals surface area contributed by atoms with E-state index in [2.05, 4.69) is 4.74 Å². The quantitative estimate of drug-likeness (QED) is 0.816. The van der Waals surface area contributed by atoms with Crippen LogP contribution < -0.4 is 4.74 Å². The zero-order valence-corrected chi connectivity index (χ0v) is 9.61. The molecule has 0 heterocycles. The molecule has 0 fully saturated rings. The van der Waals surface area contributed by atoms with Crippen LogP contribution in [0.15, 0.2) is 48.5 Å². The Hall–Kier alpha value is -2.48. The maximum Gasteiger partial charge on any atom is 0.573 e. The number of alkyl halides is 3. The van der Waals surface area contributed by atoms with Crippen LogP contribution in [0.4, 0.5) is 13.2 Å². The van der Waals surface area contributed by atoms with Crippen LogP contribution in [0.2, 0.25) is 0 Å². The van der Waals surface area contributed by atoms with Gasteiger partial charge in [-0.15, -0.1) is 13.2 Å². The van der Waals surface area contributed by atoms with Gasteiger partial charge in [-0.1, -0.05) is 30.3 Å². The number of rotatable bonds is 2. The van der Waals surface area contributed by atoms with Crippen molar-refractivity contribution in [2.24, 2.45) is 0 Å². The van der Waals surface area contributed by atoms with Crippen molar-refractivity contribution in [1.82, 2.24) is 0 Å². The van der Waals surface area contributed by atoms with Gasteiger partial charge in [0.1, 0.15) is 5.75 Å². The van der Waals surface area contributed by atoms with Crippen molar-refractivity contribution in [2.75, 3.05) is 0 Å². The van der Waals surface area contributed by atoms with Crippen LogP contribution in [-0.2, 0) is 0 Å². The maximum absolute atomic E-state index is 12.1. The molecule has 0 amide bonds. The number of nitrogens with zero attached hydrogens (tertiary/aromatic N) is 1. The summed E-state index contributed by atoms with van der Waals surface area (Å²) in [6, 6.07) is 14.2. The summed E-state index contributed by atoms with van der Waals surface area (Å²) < 4.78 is 40.3. The smallest absolute Gasteiger partial charge is 0.406 e. The lowest BCUT2D eigenvalue weighted by atomic mass is 10.0. The summed E-state index contributed by atoms with van der Waals surface area (Å²) in [5.41, 5.74) is 1.46. The highest BCUT2D eigenvalue weighted by atomic mass is 19.4. The second-order valence-corrected chi connectivity index (χ2v) is 3.73. The van der Waals surface area contributed by atoms with Gasteiger partial charge in [0.05, 0.1) is 11.6 Å². The fraction of sp³-hybridized carbons (Fsp3) is 0.0714. The Morgan fingerprint density at radius 1 is 1.00 bits per heavy atom. The van der Waals surface area contributed by atoms with Gasteiger partial charge in [0.15, 0.2) is 0 Å². The molecule has 5 heteroatoms. The third-order valence-electron chi connectivity index (χ3n) is 2.43. The van der Waals surface area contributed by atoms with Crippen molar-refractivity contribution in [3.63, 3.8) is 0 Å². The van der Waals surface area contributed by atoms with Gasteiger partial charge < -0.3 is 4.74 Å². The molecule has 2 aromatic rings. The first-order chi connectivity index (χ1) is 8.99. The van der Waals surface area contributed by atoms with Crippen molar-refractivity contribution in [3.05, 3.63) is 54.1 Å². The van der Waals surface area contributed by atoms with Gasteiger partial charge in [-0.05, 0) is 29.3 Å². The Morgan fingerprint density at radius 3 is 2.42 bits per heavy atom. The average Bonchev–Trinajstić information content (AvgIpc) is 2.37. The zero-order chi connectivity index (χ0) is 13.9. The Balaban J connectivity index is 2.41. The van der Waals surface area contributed by atoms with Crippen LogP contribution in [0.25, 0.3) is 11.1 Å². The first-order valence-electron chi connectivity index (χ1n) is 5.35. The Kier molecular flexibility index (Phi) is 3.43. The normalized spacial score (nSPS) is 10.8. The largest absolute Gasteiger partial charge is 0.573 e. The Morgan fingerprint density at radius 2 is 1.74 bits per heavy atom. The molecule has 0 aliphatic rings. The van der Waals surface area contributed by atoms with E-state index in [9.17, 15) is 13.2 Å². The average molecular weight is 263 g/mol. The number of hydrogen-bond acceptors (Lipinski definition) is 2. The van der Waals surface area contributed by atoms with Crippen molar-refractivity contribution < 1.29 is 17.9 Å². The predicted octanol–water partition coefficient (Wildman–Crippen LogP) is 4.12. The van der Waals surface area contributed by atoms with Gasteiger partial charge in [0.2, 0.25) is 0 Å². The summed E-state index contributed by atoms with van der Waals surface area (Å²) >= 11 is 0. The lowest BCUT2D eigenvalue weighted by molar-refractivity contribution is -0.274. The summed E-state index contributed by atoms with van der Waals surface area (Å²) in [5, 5.41) is 8.97. The molecule has 0 aromatic heterocycles. The van der Waals surface area contributed by atoms with Gasteiger partial charge >= 0.3 is 6.36 Å². The van der Waals surface area contributed by atoms with E-state index in [1.807, 2.05) is 6.07 Å². The summed E-state index contributed by atoms with van der Waals surface area (Å²) in [7, 11) is 0. The molecule has 96 valence electrons. The molecule has 0 bridgehead atoms. The molecule has 0 spiro atoms. The van der Waals surface area contributed by atoms with Gasteiger partial charge in [0.25, 0.3) is 0 Å². The Labute approximate surface area is 107 Å². The van der Waals surface area contributed by atoms with E-state index in [1.54, 1.807) is 30.3 Å². The van der Waals surface area contributed by atoms with E-state index in [0.717, 1.165) is 0 Å². The van der Waals surface area contributed by atoms with E-state index in [1.165, 1.54) is 18.2 Å². The predicted molar refractivity (Wildman–Crippen MR) is 63.3 cm³/mol. The van der Waals surface area contributed by atoms with Crippen molar-refractivity contribution >= 4 is 0 Å². The van der Waals surface area contributed by atoms with E-state index < -0.39 is 6.36 Å². The number of nitriles is 1. The summed E-state index contributed by atoms with van der Waals surface area (Å²) in [5.74, 6) is -0.308. The molecule has 0 aliphatic heterocycles. The van der Waals surface area contributed by atoms with Crippen molar-refractivity contribution in [1.29, 1.82) is 5.26 Å². The number of halogens is 3. The molecule has 0 saturated carbocycles. The molecule has 0 unspecified atom stereocenters. The molecule has 2 nitrogen and oxygen atoms in total. The molecule has 2 aromatic carbocycles. The second-order valence-electron chi connectivity index (χ2n) is 3.73. The first-order valence-corrected chi connectivity index (χ1v) is 5.35. The van der Waals surface area contributed by atoms with Crippen molar-refractivity contribution in [3.8, 4) is 22.9 Å². The van der Waals surface area contributed by atoms with Gasteiger partial charge in [-0.2, -0.15) is 5.26 Å². The molecule has 19 heavy (non-hydrogen) atoms. The van der Waals surface area contributed by atoms with Gasteiger partial charge in [-0.25, -0.2) is 0 Å². The molecule has 0 radical (unpaired) electrons. The van der Waals surface area contributed by atoms with E-state index in [0.29, 0.717) is 16.7 Å². The SMILES string of the molecule is N#Cc1ccccc1-c1cccc(OC(F)(F)F)c1. The standard InChI is InChI=1S/C14H8F3NO/c15-14(16,17)19-12-6-3-5-10(8-12)13-7-2-1-4-11(13)9-18/h1-8H. The number of benzene rings is 2. The highest BCUT2D eigenvalue weighted by molar-refractivity contribution is 5.71. The fourth-order valence-corrected chi connectivity index (χ4v) is 1.69. The highest BCUT2D eigenvalue weighted by Crippen LogP contribution is 2.29. The molecule has 0 N–H and O–H groups in total. The van der Waals surface area contributed by atoms with Crippen LogP contribution in [-0.4, -0.2) is 6.36 Å². The third-order valence-corrected chi connectivity index (χ3v) is 2.43. The highest BCUT2D eigenvalue weighted by Gasteiger charge is 2.31. The summed E-state index contributed by atoms with van der Waals surface area (Å²) in [6.07, 6.45) is -4.73. The number of ether oxygens (including phenoxy) is 1. The van der Waals surface area contributed by atoms with Crippen LogP contribution in [0, 0.1) is 11.3 Å². The molecule has 0 saturated heterocycles. The molecule has 0 atom stereocenters. The van der Waals surface area contributed by atoms with Crippen LogP contribution >= 0.6 is 0 Å². The second kappa shape index (κ2) is 5.02. The van der Waals surface area contributed by atoms with E-state index >= 15 is 0 Å². The lowest BCUT2D eigenvalue weighted by Crippen LogP contribution is -2.17. The maximum atomic E-state index is 12.1. The summed E-state index contributed by atoms with van der Waals surface area (Å²) in [4.78, 5) is 0. The van der Waals surface area contributed by atoms with Crippen LogP contribution in [0.3, 0.4) is 0 Å². The first kappa shape index (κ1) is 13.0. The lowest BCUT2D eigenvalue weighted by Gasteiger charge is -2.10. The minimum absolute atomic E-state index is 0.308. The minimum Gasteiger partial charge on any atom is -0.406 e. The fourth-order valence-electron chi connectivity index (χ4n) is 1.69. The van der Waals surface area contributed by atoms with E-state index in [-0.39, 0.29) is 5.75 Å². The minimum atomic E-state index is -4.73. The zero-order valence-electron chi connectivity index (χ0n) is 9.61. The Bertz CT molecular complexity index is 629. The van der Waals surface area contributed by atoms with Crippen LogP contribution in [0.5, 0.6) is 5.75 Å². The van der Waals surface area contributed by atoms with Crippen molar-refractivity contribution in [2.45, 2.75) is 6.36 Å². The van der Waals surface area contributed by atoms with Gasteiger partial charge in [0, 0.05) is 0 Å². The summed E-state index contributed by atoms with van der Waals surface area (Å²) in [6.45, 7) is 0. The number of hydrogen-bond donors (Lipinski definition) is 0. The third kappa shape index (κ3) is 3.26. The molecular weight excluding hydrogens is 255 g/mol. The molecule has 2 rings (SSSR count). The topological polar surface area (TPSA) is 33.0 Å². The van der Waals surface area contributed by atoms with Crippen LogP contribution in [0.1, 0.15) is 5.56 Å². The van der Waals surface area contributed by atoms with E-state index in [4.69, 9.17) is 5.26 Å². The molecule has 0 aliphatic carbocycles.